The molecular formula is C26H28Cl2F3N5O5. The number of aliphatic hydroxyl groups is 1. The summed E-state index contributed by atoms with van der Waals surface area (Å²) in [5.41, 5.74) is 0.132. The molecule has 1 aliphatic rings. The van der Waals surface area contributed by atoms with Gasteiger partial charge in [-0.1, -0.05) is 11.6 Å². The predicted octanol–water partition coefficient (Wildman–Crippen LogP) is 6.03. The molecule has 1 saturated heterocycles. The van der Waals surface area contributed by atoms with E-state index in [0.29, 0.717) is 18.3 Å². The molecular weight excluding hydrogens is 590 g/mol. The average molecular weight is 618 g/mol. The Morgan fingerprint density at radius 1 is 1.17 bits per heavy atom. The fourth-order valence-electron chi connectivity index (χ4n) is 4.43. The summed E-state index contributed by atoms with van der Waals surface area (Å²) in [6.45, 7) is 2.31. The molecule has 1 fully saturated rings. The minimum atomic E-state index is -4.51. The van der Waals surface area contributed by atoms with Gasteiger partial charge in [0.1, 0.15) is 23.6 Å². The van der Waals surface area contributed by atoms with Gasteiger partial charge in [0, 0.05) is 31.5 Å². The van der Waals surface area contributed by atoms with Crippen molar-refractivity contribution >= 4 is 34.7 Å². The molecule has 0 bridgehead atoms. The lowest BCUT2D eigenvalue weighted by molar-refractivity contribution is -0.389. The Balaban J connectivity index is 1.15. The number of rotatable bonds is 12. The number of aliphatic hydroxyl groups excluding tert-OH is 1. The maximum atomic E-state index is 12.8. The second-order valence-corrected chi connectivity index (χ2v) is 10.4. The van der Waals surface area contributed by atoms with Crippen molar-refractivity contribution in [2.45, 2.75) is 44.5 Å². The molecule has 1 aromatic carbocycles. The summed E-state index contributed by atoms with van der Waals surface area (Å²) in [6.07, 6.45) is -0.479. The Bertz CT molecular complexity index is 1320. The number of imidazole rings is 1. The largest absolute Gasteiger partial charge is 0.491 e. The molecule has 15 heteroatoms. The number of alkyl halides is 3. The average Bonchev–Trinajstić information content (AvgIpc) is 3.32. The Labute approximate surface area is 243 Å². The van der Waals surface area contributed by atoms with Gasteiger partial charge in [0.25, 0.3) is 0 Å². The first kappa shape index (κ1) is 30.7. The Morgan fingerprint density at radius 2 is 1.88 bits per heavy atom. The van der Waals surface area contributed by atoms with E-state index in [1.807, 2.05) is 24.3 Å². The molecule has 0 aliphatic carbocycles. The molecule has 0 amide bonds. The number of pyridine rings is 1. The van der Waals surface area contributed by atoms with E-state index in [1.54, 1.807) is 0 Å². The molecule has 0 radical (unpaired) electrons. The van der Waals surface area contributed by atoms with Crippen LogP contribution >= 0.6 is 23.2 Å². The number of ether oxygens (including phenoxy) is 2. The number of nitro groups is 1. The second kappa shape index (κ2) is 13.6. The van der Waals surface area contributed by atoms with E-state index >= 15 is 0 Å². The topological polar surface area (TPSA) is 116 Å². The maximum absolute atomic E-state index is 12.8. The van der Waals surface area contributed by atoms with Gasteiger partial charge in [0.2, 0.25) is 5.88 Å². The van der Waals surface area contributed by atoms with Crippen LogP contribution in [-0.4, -0.2) is 57.0 Å². The maximum Gasteiger partial charge on any atom is 0.417 e. The molecule has 3 heterocycles. The fourth-order valence-corrected chi connectivity index (χ4v) is 4.87. The molecule has 1 N–H and O–H groups in total. The number of benzene rings is 1. The van der Waals surface area contributed by atoms with Gasteiger partial charge in [-0.05, 0) is 83.4 Å². The van der Waals surface area contributed by atoms with Gasteiger partial charge in [0.15, 0.2) is 0 Å². The van der Waals surface area contributed by atoms with Gasteiger partial charge in [-0.25, -0.2) is 4.98 Å². The van der Waals surface area contributed by atoms with Crippen molar-refractivity contribution in [2.75, 3.05) is 31.2 Å². The smallest absolute Gasteiger partial charge is 0.417 e. The van der Waals surface area contributed by atoms with Gasteiger partial charge < -0.3 is 29.6 Å². The highest BCUT2D eigenvalue weighted by Gasteiger charge is 2.32. The zero-order chi connectivity index (χ0) is 29.6. The molecule has 0 spiro atoms. The summed E-state index contributed by atoms with van der Waals surface area (Å²) in [6, 6.07) is 8.39. The third-order valence-electron chi connectivity index (χ3n) is 6.76. The van der Waals surface area contributed by atoms with Crippen molar-refractivity contribution in [1.82, 2.24) is 14.5 Å². The van der Waals surface area contributed by atoms with Gasteiger partial charge in [-0.3, -0.25) is 4.57 Å². The quantitative estimate of drug-likeness (QED) is 0.193. The van der Waals surface area contributed by atoms with Gasteiger partial charge >= 0.3 is 17.3 Å². The van der Waals surface area contributed by atoms with Gasteiger partial charge in [0.05, 0.1) is 18.3 Å². The third-order valence-corrected chi connectivity index (χ3v) is 7.34. The highest BCUT2D eigenvalue weighted by molar-refractivity contribution is 6.31. The standard InChI is InChI=1S/C26H28Cl2F3N5O5/c27-22-13-18(26(29,30)31)14-32-24(22)40-12-8-17-5-9-34(10-6-17)19-1-3-21(4-2-19)41-16-20(37)7-11-35-15-23(36(38)39)33-25(35)28/h1-4,13-15,17,20,37H,5-12,16H2. The number of nitrogens with zero attached hydrogens (tertiary/aromatic N) is 5. The van der Waals surface area contributed by atoms with Crippen molar-refractivity contribution in [3.8, 4) is 11.6 Å². The van der Waals surface area contributed by atoms with Gasteiger partial charge in [-0.15, -0.1) is 0 Å². The molecule has 1 aliphatic heterocycles. The van der Waals surface area contributed by atoms with E-state index in [1.165, 1.54) is 10.8 Å². The molecule has 2 aromatic heterocycles. The van der Waals surface area contributed by atoms with Crippen molar-refractivity contribution < 1.29 is 32.7 Å². The van der Waals surface area contributed by atoms with E-state index in [-0.39, 0.29) is 41.6 Å². The van der Waals surface area contributed by atoms with Crippen molar-refractivity contribution in [1.29, 1.82) is 0 Å². The van der Waals surface area contributed by atoms with E-state index in [9.17, 15) is 28.4 Å². The van der Waals surface area contributed by atoms with Crippen LogP contribution in [0, 0.1) is 16.0 Å². The second-order valence-electron chi connectivity index (χ2n) is 9.64. The summed E-state index contributed by atoms with van der Waals surface area (Å²) < 4.78 is 50.9. The van der Waals surface area contributed by atoms with E-state index in [4.69, 9.17) is 32.7 Å². The van der Waals surface area contributed by atoms with E-state index < -0.39 is 22.8 Å². The minimum Gasteiger partial charge on any atom is -0.491 e. The first-order valence-electron chi connectivity index (χ1n) is 12.9. The molecule has 10 nitrogen and oxygen atoms in total. The lowest BCUT2D eigenvalue weighted by Crippen LogP contribution is -2.34. The summed E-state index contributed by atoms with van der Waals surface area (Å²) >= 11 is 11.8. The Morgan fingerprint density at radius 3 is 2.49 bits per heavy atom. The zero-order valence-corrected chi connectivity index (χ0v) is 23.3. The fraction of sp³-hybridized carbons (Fsp3) is 0.462. The first-order valence-corrected chi connectivity index (χ1v) is 13.6. The number of anilines is 1. The lowest BCUT2D eigenvalue weighted by Gasteiger charge is -2.33. The molecule has 3 aromatic rings. The first-order chi connectivity index (χ1) is 19.5. The minimum absolute atomic E-state index is 0.000749. The Kier molecular flexibility index (Phi) is 10.2. The lowest BCUT2D eigenvalue weighted by atomic mass is 9.93. The summed E-state index contributed by atoms with van der Waals surface area (Å²) in [4.78, 5) is 19.8. The van der Waals surface area contributed by atoms with E-state index in [0.717, 1.165) is 50.3 Å². The van der Waals surface area contributed by atoms with Crippen LogP contribution in [0.15, 0.2) is 42.7 Å². The number of hydrogen-bond acceptors (Lipinski definition) is 8. The van der Waals surface area contributed by atoms with Crippen LogP contribution < -0.4 is 14.4 Å². The van der Waals surface area contributed by atoms with Crippen LogP contribution in [-0.2, 0) is 12.7 Å². The zero-order valence-electron chi connectivity index (χ0n) is 21.8. The molecule has 1 unspecified atom stereocenters. The molecule has 1 atom stereocenters. The molecule has 4 rings (SSSR count). The van der Waals surface area contributed by atoms with Crippen molar-refractivity contribution in [3.63, 3.8) is 0 Å². The van der Waals surface area contributed by atoms with E-state index in [2.05, 4.69) is 14.9 Å². The highest BCUT2D eigenvalue weighted by atomic mass is 35.5. The molecule has 0 saturated carbocycles. The predicted molar refractivity (Wildman–Crippen MR) is 146 cm³/mol. The van der Waals surface area contributed by atoms with Crippen LogP contribution in [0.2, 0.25) is 10.3 Å². The van der Waals surface area contributed by atoms with Crippen LogP contribution in [0.3, 0.4) is 0 Å². The number of hydrogen-bond donors (Lipinski definition) is 1. The van der Waals surface area contributed by atoms with Crippen LogP contribution in [0.25, 0.3) is 0 Å². The molecule has 41 heavy (non-hydrogen) atoms. The number of halogens is 5. The Hall–Kier alpha value is -3.29. The van der Waals surface area contributed by atoms with Crippen molar-refractivity contribution in [3.05, 3.63) is 68.7 Å². The van der Waals surface area contributed by atoms with Crippen LogP contribution in [0.1, 0.15) is 31.2 Å². The highest BCUT2D eigenvalue weighted by Crippen LogP contribution is 2.33. The van der Waals surface area contributed by atoms with Crippen molar-refractivity contribution in [2.24, 2.45) is 5.92 Å². The van der Waals surface area contributed by atoms with Crippen LogP contribution in [0.4, 0.5) is 24.7 Å². The SMILES string of the molecule is O=[N+]([O-])c1cn(CCC(O)COc2ccc(N3CCC(CCOc4ncc(C(F)(F)F)cc4Cl)CC3)cc2)c(Cl)n1. The number of piperidine rings is 1. The monoisotopic (exact) mass is 617 g/mol. The van der Waals surface area contributed by atoms with Gasteiger partial charge in [-0.2, -0.15) is 13.2 Å². The summed E-state index contributed by atoms with van der Waals surface area (Å²) in [5, 5.41) is 20.8. The summed E-state index contributed by atoms with van der Waals surface area (Å²) in [5.74, 6) is 0.665. The third kappa shape index (κ3) is 8.60. The number of aromatic nitrogens is 3. The van der Waals surface area contributed by atoms with Crippen LogP contribution in [0.5, 0.6) is 11.6 Å². The normalized spacial score (nSPS) is 15.1. The summed E-state index contributed by atoms with van der Waals surface area (Å²) in [7, 11) is 0. The number of aryl methyl sites for hydroxylation is 1. The molecule has 222 valence electrons.